The maximum absolute atomic E-state index is 13.1. The SMILES string of the molecule is Cl.Fc1cc(CN2C[C@H]3CNC[C@H]3C2)cc(F)c1F. The van der Waals surface area contributed by atoms with Crippen LogP contribution in [0, 0.1) is 29.3 Å². The van der Waals surface area contributed by atoms with Crippen LogP contribution in [0.25, 0.3) is 0 Å². The Hall–Kier alpha value is -0.780. The third kappa shape index (κ3) is 2.88. The third-order valence-electron chi connectivity index (χ3n) is 3.91. The quantitative estimate of drug-likeness (QED) is 0.841. The summed E-state index contributed by atoms with van der Waals surface area (Å²) in [5.41, 5.74) is 0.499. The van der Waals surface area contributed by atoms with Gasteiger partial charge in [0.2, 0.25) is 0 Å². The average Bonchev–Trinajstić information content (AvgIpc) is 2.86. The normalized spacial score (nSPS) is 26.3. The number of hydrogen-bond donors (Lipinski definition) is 1. The lowest BCUT2D eigenvalue weighted by atomic mass is 10.0. The van der Waals surface area contributed by atoms with Crippen LogP contribution in [0.5, 0.6) is 0 Å². The molecule has 0 spiro atoms. The van der Waals surface area contributed by atoms with E-state index in [4.69, 9.17) is 0 Å². The Morgan fingerprint density at radius 2 is 1.58 bits per heavy atom. The molecule has 6 heteroatoms. The molecule has 0 amide bonds. The molecule has 2 fully saturated rings. The molecule has 106 valence electrons. The minimum Gasteiger partial charge on any atom is -0.316 e. The molecule has 2 aliphatic heterocycles. The zero-order valence-corrected chi connectivity index (χ0v) is 11.2. The van der Waals surface area contributed by atoms with E-state index in [1.807, 2.05) is 0 Å². The van der Waals surface area contributed by atoms with Gasteiger partial charge >= 0.3 is 0 Å². The van der Waals surface area contributed by atoms with Gasteiger partial charge in [0.05, 0.1) is 0 Å². The predicted molar refractivity (Wildman–Crippen MR) is 68.7 cm³/mol. The molecule has 0 unspecified atom stereocenters. The van der Waals surface area contributed by atoms with Crippen LogP contribution in [-0.2, 0) is 6.54 Å². The summed E-state index contributed by atoms with van der Waals surface area (Å²) in [4.78, 5) is 2.18. The van der Waals surface area contributed by atoms with Crippen molar-refractivity contribution >= 4 is 12.4 Å². The largest absolute Gasteiger partial charge is 0.316 e. The Kier molecular flexibility index (Phi) is 4.38. The van der Waals surface area contributed by atoms with Crippen LogP contribution >= 0.6 is 12.4 Å². The summed E-state index contributed by atoms with van der Waals surface area (Å²) >= 11 is 0. The zero-order valence-electron chi connectivity index (χ0n) is 10.3. The molecule has 0 radical (unpaired) electrons. The van der Waals surface area contributed by atoms with E-state index in [9.17, 15) is 13.2 Å². The van der Waals surface area contributed by atoms with Crippen LogP contribution in [0.15, 0.2) is 12.1 Å². The molecule has 2 nitrogen and oxygen atoms in total. The summed E-state index contributed by atoms with van der Waals surface area (Å²) in [6.45, 7) is 4.41. The minimum atomic E-state index is -1.39. The van der Waals surface area contributed by atoms with Gasteiger partial charge in [0.25, 0.3) is 0 Å². The van der Waals surface area contributed by atoms with E-state index in [0.29, 0.717) is 23.9 Å². The van der Waals surface area contributed by atoms with Crippen molar-refractivity contribution in [1.82, 2.24) is 10.2 Å². The van der Waals surface area contributed by atoms with Crippen LogP contribution < -0.4 is 5.32 Å². The first-order valence-corrected chi connectivity index (χ1v) is 6.20. The molecule has 2 heterocycles. The summed E-state index contributed by atoms with van der Waals surface area (Å²) in [6.07, 6.45) is 0. The van der Waals surface area contributed by atoms with Crippen molar-refractivity contribution in [1.29, 1.82) is 0 Å². The maximum atomic E-state index is 13.1. The first kappa shape index (κ1) is 14.6. The van der Waals surface area contributed by atoms with E-state index in [1.54, 1.807) is 0 Å². The zero-order chi connectivity index (χ0) is 12.7. The number of halogens is 4. The molecule has 0 aliphatic carbocycles. The molecule has 19 heavy (non-hydrogen) atoms. The van der Waals surface area contributed by atoms with Crippen LogP contribution in [0.2, 0.25) is 0 Å². The smallest absolute Gasteiger partial charge is 0.194 e. The van der Waals surface area contributed by atoms with Crippen molar-refractivity contribution in [2.24, 2.45) is 11.8 Å². The van der Waals surface area contributed by atoms with Gasteiger partial charge in [0.1, 0.15) is 0 Å². The molecular formula is C13H16ClF3N2. The molecule has 0 aromatic heterocycles. The predicted octanol–water partition coefficient (Wildman–Crippen LogP) is 2.18. The molecule has 2 saturated heterocycles. The van der Waals surface area contributed by atoms with Gasteiger partial charge in [0, 0.05) is 19.6 Å². The van der Waals surface area contributed by atoms with Gasteiger partial charge in [-0.15, -0.1) is 12.4 Å². The molecular weight excluding hydrogens is 277 g/mol. The fourth-order valence-electron chi connectivity index (χ4n) is 3.04. The second-order valence-electron chi connectivity index (χ2n) is 5.25. The highest BCUT2D eigenvalue weighted by Gasteiger charge is 2.35. The lowest BCUT2D eigenvalue weighted by Crippen LogP contribution is -2.25. The molecule has 3 rings (SSSR count). The van der Waals surface area contributed by atoms with Crippen LogP contribution in [-0.4, -0.2) is 31.1 Å². The number of fused-ring (bicyclic) bond motifs is 1. The molecule has 1 aromatic rings. The number of hydrogen-bond acceptors (Lipinski definition) is 2. The lowest BCUT2D eigenvalue weighted by Gasteiger charge is -2.17. The van der Waals surface area contributed by atoms with Gasteiger partial charge in [-0.05, 0) is 42.6 Å². The van der Waals surface area contributed by atoms with Gasteiger partial charge in [-0.1, -0.05) is 0 Å². The van der Waals surface area contributed by atoms with E-state index in [-0.39, 0.29) is 12.4 Å². The highest BCUT2D eigenvalue weighted by Crippen LogP contribution is 2.27. The first-order chi connectivity index (χ1) is 8.63. The molecule has 2 atom stereocenters. The standard InChI is InChI=1S/C13H15F3N2.ClH/c14-11-1-8(2-12(15)13(11)16)5-18-6-9-3-17-4-10(9)7-18;/h1-2,9-10,17H,3-7H2;1H/t9-,10+;. The Labute approximate surface area is 116 Å². The molecule has 1 N–H and O–H groups in total. The second kappa shape index (κ2) is 5.69. The van der Waals surface area contributed by atoms with Crippen LogP contribution in [0.4, 0.5) is 13.2 Å². The molecule has 2 aliphatic rings. The lowest BCUT2D eigenvalue weighted by molar-refractivity contribution is 0.303. The topological polar surface area (TPSA) is 15.3 Å². The highest BCUT2D eigenvalue weighted by atomic mass is 35.5. The van der Waals surface area contributed by atoms with Crippen molar-refractivity contribution in [3.8, 4) is 0 Å². The monoisotopic (exact) mass is 292 g/mol. The van der Waals surface area contributed by atoms with Gasteiger partial charge in [-0.3, -0.25) is 4.90 Å². The Bertz CT molecular complexity index is 434. The van der Waals surface area contributed by atoms with Gasteiger partial charge in [-0.2, -0.15) is 0 Å². The first-order valence-electron chi connectivity index (χ1n) is 6.20. The Balaban J connectivity index is 0.00000133. The fourth-order valence-corrected chi connectivity index (χ4v) is 3.04. The van der Waals surface area contributed by atoms with E-state index < -0.39 is 17.5 Å². The summed E-state index contributed by atoms with van der Waals surface area (Å²) in [7, 11) is 0. The van der Waals surface area contributed by atoms with E-state index in [1.165, 1.54) is 0 Å². The van der Waals surface area contributed by atoms with E-state index in [0.717, 1.165) is 38.3 Å². The van der Waals surface area contributed by atoms with E-state index in [2.05, 4.69) is 10.2 Å². The number of rotatable bonds is 2. The fraction of sp³-hybridized carbons (Fsp3) is 0.538. The Morgan fingerprint density at radius 3 is 2.11 bits per heavy atom. The van der Waals surface area contributed by atoms with Crippen LogP contribution in [0.1, 0.15) is 5.56 Å². The average molecular weight is 293 g/mol. The molecule has 0 bridgehead atoms. The van der Waals surface area contributed by atoms with Crippen molar-refractivity contribution in [2.45, 2.75) is 6.54 Å². The van der Waals surface area contributed by atoms with Gasteiger partial charge in [0.15, 0.2) is 17.5 Å². The second-order valence-corrected chi connectivity index (χ2v) is 5.25. The number of likely N-dealkylation sites (tertiary alicyclic amines) is 1. The van der Waals surface area contributed by atoms with Crippen molar-refractivity contribution in [2.75, 3.05) is 26.2 Å². The highest BCUT2D eigenvalue weighted by molar-refractivity contribution is 5.85. The summed E-state index contributed by atoms with van der Waals surface area (Å²) < 4.78 is 39.0. The number of nitrogens with zero attached hydrogens (tertiary/aromatic N) is 1. The van der Waals surface area contributed by atoms with Crippen molar-refractivity contribution in [3.05, 3.63) is 35.1 Å². The van der Waals surface area contributed by atoms with E-state index >= 15 is 0 Å². The van der Waals surface area contributed by atoms with Gasteiger partial charge in [-0.25, -0.2) is 13.2 Å². The summed E-state index contributed by atoms with van der Waals surface area (Å²) in [5.74, 6) is -2.32. The summed E-state index contributed by atoms with van der Waals surface area (Å²) in [5, 5.41) is 3.34. The Morgan fingerprint density at radius 1 is 1.05 bits per heavy atom. The van der Waals surface area contributed by atoms with Gasteiger partial charge < -0.3 is 5.32 Å². The summed E-state index contributed by atoms with van der Waals surface area (Å²) in [6, 6.07) is 2.18. The molecule has 1 aromatic carbocycles. The van der Waals surface area contributed by atoms with Crippen molar-refractivity contribution in [3.63, 3.8) is 0 Å². The third-order valence-corrected chi connectivity index (χ3v) is 3.91. The minimum absolute atomic E-state index is 0. The van der Waals surface area contributed by atoms with Crippen LogP contribution in [0.3, 0.4) is 0 Å². The number of nitrogens with one attached hydrogen (secondary N) is 1. The number of benzene rings is 1. The molecule has 0 saturated carbocycles. The van der Waals surface area contributed by atoms with Crippen molar-refractivity contribution < 1.29 is 13.2 Å². The maximum Gasteiger partial charge on any atom is 0.194 e.